The van der Waals surface area contributed by atoms with Crippen LogP contribution < -0.4 is 5.73 Å². The van der Waals surface area contributed by atoms with Crippen molar-refractivity contribution in [1.82, 2.24) is 0 Å². The van der Waals surface area contributed by atoms with Crippen molar-refractivity contribution in [2.75, 3.05) is 0 Å². The van der Waals surface area contributed by atoms with Gasteiger partial charge in [-0.2, -0.15) is 0 Å². The minimum absolute atomic E-state index is 0.0301. The van der Waals surface area contributed by atoms with E-state index in [0.717, 1.165) is 12.1 Å². The summed E-state index contributed by atoms with van der Waals surface area (Å²) in [7, 11) is 0. The summed E-state index contributed by atoms with van der Waals surface area (Å²) >= 11 is 0. The van der Waals surface area contributed by atoms with E-state index in [-0.39, 0.29) is 5.56 Å². The van der Waals surface area contributed by atoms with E-state index in [1.54, 1.807) is 0 Å². The molecular formula is C7H6F2N2O. The summed E-state index contributed by atoms with van der Waals surface area (Å²) in [5, 5.41) is 2.44. The summed E-state index contributed by atoms with van der Waals surface area (Å²) in [6.07, 6.45) is -1.21. The molecule has 64 valence electrons. The largest absolute Gasteiger partial charge is 0.303 e. The van der Waals surface area contributed by atoms with Crippen LogP contribution in [0.2, 0.25) is 0 Å². The molecule has 0 aliphatic heterocycles. The molecule has 1 rings (SSSR count). The Hall–Kier alpha value is -1.36. The van der Waals surface area contributed by atoms with Gasteiger partial charge in [0.1, 0.15) is 11.6 Å². The smallest absolute Gasteiger partial charge is 0.165 e. The monoisotopic (exact) mass is 172 g/mol. The van der Waals surface area contributed by atoms with Crippen molar-refractivity contribution in [2.45, 2.75) is 6.17 Å². The van der Waals surface area contributed by atoms with Crippen LogP contribution in [0, 0.1) is 16.5 Å². The lowest BCUT2D eigenvalue weighted by Gasteiger charge is -2.02. The number of hydrogen-bond donors (Lipinski definition) is 1. The fourth-order valence-electron chi connectivity index (χ4n) is 0.807. The second kappa shape index (κ2) is 3.36. The fraction of sp³-hybridized carbons (Fsp3) is 0.143. The van der Waals surface area contributed by atoms with Gasteiger partial charge in [0.25, 0.3) is 0 Å². The summed E-state index contributed by atoms with van der Waals surface area (Å²) < 4.78 is 25.0. The van der Waals surface area contributed by atoms with Crippen molar-refractivity contribution in [3.63, 3.8) is 0 Å². The van der Waals surface area contributed by atoms with Gasteiger partial charge in [-0.3, -0.25) is 0 Å². The zero-order chi connectivity index (χ0) is 9.14. The highest BCUT2D eigenvalue weighted by atomic mass is 19.1. The van der Waals surface area contributed by atoms with Crippen LogP contribution >= 0.6 is 0 Å². The van der Waals surface area contributed by atoms with E-state index < -0.39 is 17.8 Å². The molecule has 0 saturated carbocycles. The van der Waals surface area contributed by atoms with Gasteiger partial charge in [0, 0.05) is 6.07 Å². The Kier molecular flexibility index (Phi) is 2.44. The molecule has 0 fully saturated rings. The Labute approximate surface area is 67.2 Å². The average Bonchev–Trinajstić information content (AvgIpc) is 2.01. The third-order valence-electron chi connectivity index (χ3n) is 1.34. The maximum absolute atomic E-state index is 12.5. The van der Waals surface area contributed by atoms with Gasteiger partial charge < -0.3 is 5.73 Å². The van der Waals surface area contributed by atoms with Gasteiger partial charge in [0.15, 0.2) is 6.17 Å². The van der Waals surface area contributed by atoms with Crippen LogP contribution in [0.25, 0.3) is 0 Å². The Morgan fingerprint density at radius 1 is 1.25 bits per heavy atom. The number of nitrogens with zero attached hydrogens (tertiary/aromatic N) is 1. The molecule has 0 amide bonds. The highest BCUT2D eigenvalue weighted by molar-refractivity contribution is 5.20. The highest BCUT2D eigenvalue weighted by Crippen LogP contribution is 2.14. The van der Waals surface area contributed by atoms with Crippen LogP contribution in [0.3, 0.4) is 0 Å². The number of nitroso groups, excluding NO2 is 1. The Morgan fingerprint density at radius 2 is 1.75 bits per heavy atom. The first-order valence-corrected chi connectivity index (χ1v) is 3.17. The van der Waals surface area contributed by atoms with Gasteiger partial charge in [-0.15, -0.1) is 4.91 Å². The molecule has 0 radical (unpaired) electrons. The molecule has 3 nitrogen and oxygen atoms in total. The molecule has 0 spiro atoms. The molecule has 0 saturated heterocycles. The van der Waals surface area contributed by atoms with Crippen molar-refractivity contribution in [3.8, 4) is 0 Å². The first-order chi connectivity index (χ1) is 5.63. The first-order valence-electron chi connectivity index (χ1n) is 3.17. The average molecular weight is 172 g/mol. The zero-order valence-electron chi connectivity index (χ0n) is 6.00. The van der Waals surface area contributed by atoms with Crippen LogP contribution in [0.1, 0.15) is 11.7 Å². The van der Waals surface area contributed by atoms with Gasteiger partial charge in [0.05, 0.1) is 0 Å². The van der Waals surface area contributed by atoms with E-state index in [1.165, 1.54) is 0 Å². The molecule has 1 atom stereocenters. The molecule has 0 heterocycles. The molecular weight excluding hydrogens is 166 g/mol. The third kappa shape index (κ3) is 1.82. The van der Waals surface area contributed by atoms with E-state index in [0.29, 0.717) is 6.07 Å². The minimum Gasteiger partial charge on any atom is -0.303 e. The highest BCUT2D eigenvalue weighted by Gasteiger charge is 2.08. The molecule has 0 aromatic heterocycles. The first kappa shape index (κ1) is 8.73. The fourth-order valence-corrected chi connectivity index (χ4v) is 0.807. The zero-order valence-corrected chi connectivity index (χ0v) is 6.00. The molecule has 5 heteroatoms. The molecule has 0 bridgehead atoms. The molecule has 1 aromatic rings. The third-order valence-corrected chi connectivity index (χ3v) is 1.34. The molecule has 0 aliphatic carbocycles. The molecule has 1 unspecified atom stereocenters. The summed E-state index contributed by atoms with van der Waals surface area (Å²) in [5.74, 6) is -1.55. The normalized spacial score (nSPS) is 12.6. The summed E-state index contributed by atoms with van der Waals surface area (Å²) in [4.78, 5) is 9.91. The second-order valence-corrected chi connectivity index (χ2v) is 2.25. The van der Waals surface area contributed by atoms with Gasteiger partial charge in [-0.25, -0.2) is 8.78 Å². The molecule has 2 N–H and O–H groups in total. The van der Waals surface area contributed by atoms with Crippen molar-refractivity contribution >= 4 is 0 Å². The van der Waals surface area contributed by atoms with Crippen LogP contribution in [0.5, 0.6) is 0 Å². The van der Waals surface area contributed by atoms with Gasteiger partial charge in [0.2, 0.25) is 0 Å². The molecule has 12 heavy (non-hydrogen) atoms. The maximum atomic E-state index is 12.5. The standard InChI is InChI=1S/C7H6F2N2O/c8-5-1-4(7(10)11-12)2-6(9)3-5/h1-3,7H,10H2. The number of nitrogens with two attached hydrogens (primary N) is 1. The van der Waals surface area contributed by atoms with Crippen LogP contribution in [0.4, 0.5) is 8.78 Å². The molecule has 1 aromatic carbocycles. The predicted molar refractivity (Wildman–Crippen MR) is 39.1 cm³/mol. The summed E-state index contributed by atoms with van der Waals surface area (Å²) in [6, 6.07) is 2.63. The van der Waals surface area contributed by atoms with Crippen molar-refractivity contribution in [2.24, 2.45) is 10.9 Å². The lowest BCUT2D eigenvalue weighted by Crippen LogP contribution is -2.06. The number of rotatable bonds is 2. The lowest BCUT2D eigenvalue weighted by atomic mass is 10.2. The van der Waals surface area contributed by atoms with E-state index in [4.69, 9.17) is 5.73 Å². The number of benzene rings is 1. The minimum atomic E-state index is -1.21. The SMILES string of the molecule is NC(N=O)c1cc(F)cc(F)c1. The summed E-state index contributed by atoms with van der Waals surface area (Å²) in [5.41, 5.74) is 5.15. The Morgan fingerprint density at radius 3 is 2.17 bits per heavy atom. The van der Waals surface area contributed by atoms with Crippen molar-refractivity contribution in [3.05, 3.63) is 40.3 Å². The van der Waals surface area contributed by atoms with Crippen molar-refractivity contribution < 1.29 is 8.78 Å². The van der Waals surface area contributed by atoms with Crippen LogP contribution in [-0.4, -0.2) is 0 Å². The lowest BCUT2D eigenvalue weighted by molar-refractivity contribution is 0.574. The van der Waals surface area contributed by atoms with E-state index >= 15 is 0 Å². The van der Waals surface area contributed by atoms with Gasteiger partial charge >= 0.3 is 0 Å². The second-order valence-electron chi connectivity index (χ2n) is 2.25. The van der Waals surface area contributed by atoms with E-state index in [2.05, 4.69) is 5.18 Å². The summed E-state index contributed by atoms with van der Waals surface area (Å²) in [6.45, 7) is 0. The Bertz CT molecular complexity index is 283. The maximum Gasteiger partial charge on any atom is 0.165 e. The number of hydrogen-bond acceptors (Lipinski definition) is 3. The molecule has 0 aliphatic rings. The van der Waals surface area contributed by atoms with E-state index in [1.807, 2.05) is 0 Å². The Balaban J connectivity index is 3.08. The quantitative estimate of drug-likeness (QED) is 0.690. The number of halogens is 2. The van der Waals surface area contributed by atoms with Crippen LogP contribution in [-0.2, 0) is 0 Å². The predicted octanol–water partition coefficient (Wildman–Crippen LogP) is 1.69. The van der Waals surface area contributed by atoms with E-state index in [9.17, 15) is 13.7 Å². The van der Waals surface area contributed by atoms with Gasteiger partial charge in [-0.1, -0.05) is 0 Å². The van der Waals surface area contributed by atoms with Crippen molar-refractivity contribution in [1.29, 1.82) is 0 Å². The van der Waals surface area contributed by atoms with Gasteiger partial charge in [-0.05, 0) is 22.9 Å². The van der Waals surface area contributed by atoms with Crippen LogP contribution in [0.15, 0.2) is 23.4 Å². The topological polar surface area (TPSA) is 55.4 Å².